The van der Waals surface area contributed by atoms with Gasteiger partial charge in [0.15, 0.2) is 0 Å². The maximum absolute atomic E-state index is 13.2. The van der Waals surface area contributed by atoms with Gasteiger partial charge in [0.25, 0.3) is 15.9 Å². The molecule has 3 rings (SSSR count). The second-order valence-corrected chi connectivity index (χ2v) is 10.1. The zero-order valence-corrected chi connectivity index (χ0v) is 20.2. The number of halogens is 2. The second kappa shape index (κ2) is 10.3. The van der Waals surface area contributed by atoms with Crippen molar-refractivity contribution in [2.75, 3.05) is 10.8 Å². The first-order valence-corrected chi connectivity index (χ1v) is 12.1. The van der Waals surface area contributed by atoms with E-state index in [0.29, 0.717) is 16.4 Å². The molecular weight excluding hydrogens is 549 g/mol. The zero-order chi connectivity index (χ0) is 22.4. The number of rotatable bonds is 7. The van der Waals surface area contributed by atoms with Crippen molar-refractivity contribution >= 4 is 61.5 Å². The van der Waals surface area contributed by atoms with Crippen LogP contribution in [0.1, 0.15) is 12.5 Å². The minimum absolute atomic E-state index is 0.0343. The van der Waals surface area contributed by atoms with E-state index < -0.39 is 22.5 Å². The van der Waals surface area contributed by atoms with Gasteiger partial charge in [-0.3, -0.25) is 9.10 Å². The number of hydrazone groups is 1. The van der Waals surface area contributed by atoms with Crippen LogP contribution in [0.5, 0.6) is 0 Å². The molecule has 0 spiro atoms. The van der Waals surface area contributed by atoms with Gasteiger partial charge in [-0.25, -0.2) is 13.8 Å². The third-order valence-corrected chi connectivity index (χ3v) is 7.03. The molecule has 0 fully saturated rings. The standard InChI is InChI=1S/C22H19ClIN3O3S/c1-16(17-6-5-7-19(24)14-17)25-26-22(28)15-27(20-8-3-2-4-9-20)31(29,30)21-12-10-18(23)11-13-21/h2-14H,15H2,1H3,(H,26,28)/b25-16-. The van der Waals surface area contributed by atoms with Crippen LogP contribution in [0, 0.1) is 3.57 Å². The van der Waals surface area contributed by atoms with Crippen molar-refractivity contribution in [2.45, 2.75) is 11.8 Å². The summed E-state index contributed by atoms with van der Waals surface area (Å²) >= 11 is 8.08. The van der Waals surface area contributed by atoms with Crippen LogP contribution in [0.2, 0.25) is 5.02 Å². The molecule has 0 saturated carbocycles. The second-order valence-electron chi connectivity index (χ2n) is 6.54. The van der Waals surface area contributed by atoms with Gasteiger partial charge >= 0.3 is 0 Å². The van der Waals surface area contributed by atoms with E-state index in [-0.39, 0.29) is 4.90 Å². The van der Waals surface area contributed by atoms with Gasteiger partial charge in [0.2, 0.25) is 0 Å². The number of hydrogen-bond donors (Lipinski definition) is 1. The summed E-state index contributed by atoms with van der Waals surface area (Å²) in [5.74, 6) is -0.564. The molecule has 0 aliphatic heterocycles. The highest BCUT2D eigenvalue weighted by Crippen LogP contribution is 2.24. The Morgan fingerprint density at radius 3 is 2.35 bits per heavy atom. The summed E-state index contributed by atoms with van der Waals surface area (Å²) in [5, 5.41) is 4.54. The maximum atomic E-state index is 13.2. The summed E-state index contributed by atoms with van der Waals surface area (Å²) in [5.41, 5.74) is 4.29. The van der Waals surface area contributed by atoms with Crippen molar-refractivity contribution in [3.8, 4) is 0 Å². The lowest BCUT2D eigenvalue weighted by molar-refractivity contribution is -0.119. The summed E-state index contributed by atoms with van der Waals surface area (Å²) in [6.07, 6.45) is 0. The quantitative estimate of drug-likeness (QED) is 0.256. The fraction of sp³-hybridized carbons (Fsp3) is 0.0909. The first-order valence-electron chi connectivity index (χ1n) is 9.20. The molecule has 0 radical (unpaired) electrons. The van der Waals surface area contributed by atoms with Crippen LogP contribution in [0.3, 0.4) is 0 Å². The number of carbonyl (C=O) groups excluding carboxylic acids is 1. The molecule has 9 heteroatoms. The SMILES string of the molecule is C/C(=N/NC(=O)CN(c1ccccc1)S(=O)(=O)c1ccc(Cl)cc1)c1cccc(I)c1. The van der Waals surface area contributed by atoms with Crippen LogP contribution in [-0.2, 0) is 14.8 Å². The van der Waals surface area contributed by atoms with Crippen LogP contribution >= 0.6 is 34.2 Å². The van der Waals surface area contributed by atoms with E-state index in [4.69, 9.17) is 11.6 Å². The van der Waals surface area contributed by atoms with E-state index in [9.17, 15) is 13.2 Å². The van der Waals surface area contributed by atoms with Crippen molar-refractivity contribution in [1.82, 2.24) is 5.43 Å². The van der Waals surface area contributed by atoms with Crippen LogP contribution in [0.15, 0.2) is 88.9 Å². The van der Waals surface area contributed by atoms with E-state index in [1.165, 1.54) is 24.3 Å². The Bertz CT molecular complexity index is 1200. The number of sulfonamides is 1. The summed E-state index contributed by atoms with van der Waals surface area (Å²) in [7, 11) is -4.00. The van der Waals surface area contributed by atoms with E-state index in [1.54, 1.807) is 37.3 Å². The molecule has 0 aliphatic carbocycles. The summed E-state index contributed by atoms with van der Waals surface area (Å²) < 4.78 is 28.6. The van der Waals surface area contributed by atoms with Crippen molar-refractivity contribution in [3.63, 3.8) is 0 Å². The number of nitrogens with one attached hydrogen (secondary N) is 1. The molecule has 1 N–H and O–H groups in total. The van der Waals surface area contributed by atoms with Gasteiger partial charge in [0.05, 0.1) is 16.3 Å². The molecule has 31 heavy (non-hydrogen) atoms. The van der Waals surface area contributed by atoms with Crippen LogP contribution in [-0.4, -0.2) is 26.6 Å². The molecule has 1 amide bonds. The zero-order valence-electron chi connectivity index (χ0n) is 16.5. The van der Waals surface area contributed by atoms with Gasteiger partial charge < -0.3 is 0 Å². The minimum Gasteiger partial charge on any atom is -0.271 e. The minimum atomic E-state index is -4.00. The molecule has 6 nitrogen and oxygen atoms in total. The smallest absolute Gasteiger partial charge is 0.264 e. The molecule has 3 aromatic rings. The van der Waals surface area contributed by atoms with Gasteiger partial charge in [0.1, 0.15) is 6.54 Å². The van der Waals surface area contributed by atoms with Gasteiger partial charge in [0, 0.05) is 8.59 Å². The Morgan fingerprint density at radius 2 is 1.71 bits per heavy atom. The lowest BCUT2D eigenvalue weighted by Gasteiger charge is -2.23. The third kappa shape index (κ3) is 6.05. The van der Waals surface area contributed by atoms with E-state index in [0.717, 1.165) is 13.4 Å². The van der Waals surface area contributed by atoms with Crippen LogP contribution in [0.25, 0.3) is 0 Å². The van der Waals surface area contributed by atoms with Crippen LogP contribution < -0.4 is 9.73 Å². The number of anilines is 1. The Morgan fingerprint density at radius 1 is 1.03 bits per heavy atom. The Hall–Kier alpha value is -2.43. The lowest BCUT2D eigenvalue weighted by Crippen LogP contribution is -2.39. The monoisotopic (exact) mass is 567 g/mol. The van der Waals surface area contributed by atoms with Crippen molar-refractivity contribution in [2.24, 2.45) is 5.10 Å². The molecule has 0 saturated heterocycles. The molecule has 0 aliphatic rings. The average Bonchev–Trinajstić information content (AvgIpc) is 2.76. The highest BCUT2D eigenvalue weighted by Gasteiger charge is 2.27. The summed E-state index contributed by atoms with van der Waals surface area (Å²) in [6.45, 7) is 1.34. The predicted molar refractivity (Wildman–Crippen MR) is 132 cm³/mol. The summed E-state index contributed by atoms with van der Waals surface area (Å²) in [4.78, 5) is 12.6. The molecule has 160 valence electrons. The fourth-order valence-corrected chi connectivity index (χ4v) is 4.82. The number of nitrogens with zero attached hydrogens (tertiary/aromatic N) is 2. The maximum Gasteiger partial charge on any atom is 0.264 e. The van der Waals surface area contributed by atoms with Crippen molar-refractivity contribution < 1.29 is 13.2 Å². The molecule has 0 atom stereocenters. The van der Waals surface area contributed by atoms with Crippen molar-refractivity contribution in [3.05, 3.63) is 93.0 Å². The van der Waals surface area contributed by atoms with Gasteiger partial charge in [-0.2, -0.15) is 5.10 Å². The number of para-hydroxylation sites is 1. The number of hydrogen-bond acceptors (Lipinski definition) is 4. The Labute approximate surface area is 200 Å². The number of amides is 1. The van der Waals surface area contributed by atoms with Crippen molar-refractivity contribution in [1.29, 1.82) is 0 Å². The Balaban J connectivity index is 1.85. The highest BCUT2D eigenvalue weighted by atomic mass is 127. The van der Waals surface area contributed by atoms with E-state index in [2.05, 4.69) is 33.1 Å². The van der Waals surface area contributed by atoms with E-state index >= 15 is 0 Å². The molecule has 0 heterocycles. The largest absolute Gasteiger partial charge is 0.271 e. The highest BCUT2D eigenvalue weighted by molar-refractivity contribution is 14.1. The van der Waals surface area contributed by atoms with Gasteiger partial charge in [-0.05, 0) is 83.6 Å². The number of carbonyl (C=O) groups is 1. The molecule has 0 bridgehead atoms. The molecular formula is C22H19ClIN3O3S. The normalized spacial score (nSPS) is 11.8. The van der Waals surface area contributed by atoms with E-state index in [1.807, 2.05) is 24.3 Å². The molecule has 3 aromatic carbocycles. The van der Waals surface area contributed by atoms with Crippen LogP contribution in [0.4, 0.5) is 5.69 Å². The summed E-state index contributed by atoms with van der Waals surface area (Å²) in [6, 6.07) is 21.9. The third-order valence-electron chi connectivity index (χ3n) is 4.32. The topological polar surface area (TPSA) is 78.8 Å². The Kier molecular flexibility index (Phi) is 7.69. The lowest BCUT2D eigenvalue weighted by atomic mass is 10.1. The first-order chi connectivity index (χ1) is 14.8. The van der Waals surface area contributed by atoms with Gasteiger partial charge in [-0.15, -0.1) is 0 Å². The predicted octanol–water partition coefficient (Wildman–Crippen LogP) is 4.68. The first kappa shape index (κ1) is 23.2. The molecule has 0 aromatic heterocycles. The molecule has 0 unspecified atom stereocenters. The average molecular weight is 568 g/mol. The van der Waals surface area contributed by atoms with Gasteiger partial charge in [-0.1, -0.05) is 41.9 Å². The fourth-order valence-electron chi connectivity index (χ4n) is 2.73. The number of benzene rings is 3.